The van der Waals surface area contributed by atoms with Crippen molar-refractivity contribution in [1.29, 1.82) is 0 Å². The van der Waals surface area contributed by atoms with Crippen molar-refractivity contribution in [3.8, 4) is 0 Å². The van der Waals surface area contributed by atoms with Crippen LogP contribution < -0.4 is 0 Å². The zero-order valence-electron chi connectivity index (χ0n) is 11.3. The molecule has 19 heavy (non-hydrogen) atoms. The van der Waals surface area contributed by atoms with Crippen molar-refractivity contribution >= 4 is 10.0 Å². The molecule has 1 aliphatic heterocycles. The highest BCUT2D eigenvalue weighted by Crippen LogP contribution is 2.24. The summed E-state index contributed by atoms with van der Waals surface area (Å²) in [6, 6.07) is 3.82. The van der Waals surface area contributed by atoms with Crippen LogP contribution in [-0.2, 0) is 14.8 Å². The number of aryl methyl sites for hydroxylation is 1. The van der Waals surface area contributed by atoms with Crippen LogP contribution in [-0.4, -0.2) is 38.0 Å². The molecule has 0 saturated carbocycles. The van der Waals surface area contributed by atoms with Gasteiger partial charge in [0.15, 0.2) is 0 Å². The molecule has 1 aromatic rings. The number of ether oxygens (including phenoxy) is 1. The van der Waals surface area contributed by atoms with Gasteiger partial charge in [-0.05, 0) is 38.5 Å². The average Bonchev–Trinajstić information content (AvgIpc) is 2.31. The van der Waals surface area contributed by atoms with E-state index >= 15 is 0 Å². The quantitative estimate of drug-likeness (QED) is 0.835. The van der Waals surface area contributed by atoms with Gasteiger partial charge in [0.05, 0.1) is 17.1 Å². The first kappa shape index (κ1) is 14.4. The third kappa shape index (κ3) is 2.96. The Bertz CT molecular complexity index is 563. The number of halogens is 1. The predicted octanol–water partition coefficient (Wildman–Crippen LogP) is 1.93. The maximum atomic E-state index is 13.3. The largest absolute Gasteiger partial charge is 0.373 e. The lowest BCUT2D eigenvalue weighted by Crippen LogP contribution is -2.48. The molecule has 0 radical (unpaired) electrons. The van der Waals surface area contributed by atoms with E-state index in [4.69, 9.17) is 4.74 Å². The Kier molecular flexibility index (Phi) is 3.94. The van der Waals surface area contributed by atoms with Crippen LogP contribution in [0, 0.1) is 12.7 Å². The summed E-state index contributed by atoms with van der Waals surface area (Å²) in [6.07, 6.45) is -0.320. The summed E-state index contributed by atoms with van der Waals surface area (Å²) in [5.74, 6) is -0.543. The molecule has 0 amide bonds. The molecule has 0 bridgehead atoms. The van der Waals surface area contributed by atoms with Crippen LogP contribution in [0.4, 0.5) is 4.39 Å². The van der Waals surface area contributed by atoms with Crippen molar-refractivity contribution in [2.75, 3.05) is 13.1 Å². The highest BCUT2D eigenvalue weighted by atomic mass is 32.2. The Morgan fingerprint density at radius 2 is 1.84 bits per heavy atom. The van der Waals surface area contributed by atoms with Crippen LogP contribution in [0.3, 0.4) is 0 Å². The summed E-state index contributed by atoms with van der Waals surface area (Å²) in [7, 11) is -3.67. The number of rotatable bonds is 2. The highest BCUT2D eigenvalue weighted by molar-refractivity contribution is 7.89. The fraction of sp³-hybridized carbons (Fsp3) is 0.538. The molecule has 0 aromatic heterocycles. The van der Waals surface area contributed by atoms with E-state index in [1.54, 1.807) is 6.92 Å². The van der Waals surface area contributed by atoms with Crippen molar-refractivity contribution < 1.29 is 17.5 Å². The summed E-state index contributed by atoms with van der Waals surface area (Å²) < 4.78 is 45.3. The lowest BCUT2D eigenvalue weighted by Gasteiger charge is -2.34. The van der Waals surface area contributed by atoms with Crippen LogP contribution in [0.2, 0.25) is 0 Å². The van der Waals surface area contributed by atoms with Gasteiger partial charge in [-0.2, -0.15) is 4.31 Å². The summed E-state index contributed by atoms with van der Waals surface area (Å²) in [4.78, 5) is 0.0359. The van der Waals surface area contributed by atoms with Crippen LogP contribution in [0.5, 0.6) is 0 Å². The monoisotopic (exact) mass is 287 g/mol. The van der Waals surface area contributed by atoms with Gasteiger partial charge in [-0.1, -0.05) is 6.07 Å². The highest BCUT2D eigenvalue weighted by Gasteiger charge is 2.33. The van der Waals surface area contributed by atoms with Gasteiger partial charge in [-0.25, -0.2) is 12.8 Å². The molecule has 0 N–H and O–H groups in total. The maximum absolute atomic E-state index is 13.3. The summed E-state index contributed by atoms with van der Waals surface area (Å²) in [6.45, 7) is 5.91. The van der Waals surface area contributed by atoms with E-state index in [1.165, 1.54) is 16.4 Å². The summed E-state index contributed by atoms with van der Waals surface area (Å²) in [5.41, 5.74) is 0.549. The fourth-order valence-electron chi connectivity index (χ4n) is 2.32. The van der Waals surface area contributed by atoms with E-state index in [0.29, 0.717) is 18.7 Å². The Balaban J connectivity index is 2.39. The van der Waals surface area contributed by atoms with Crippen molar-refractivity contribution in [3.63, 3.8) is 0 Å². The molecule has 1 aliphatic rings. The number of benzene rings is 1. The molecule has 6 heteroatoms. The van der Waals surface area contributed by atoms with Gasteiger partial charge in [0, 0.05) is 13.1 Å². The maximum Gasteiger partial charge on any atom is 0.243 e. The molecule has 2 rings (SSSR count). The fourth-order valence-corrected chi connectivity index (χ4v) is 4.14. The Morgan fingerprint density at radius 1 is 1.26 bits per heavy atom. The molecule has 1 heterocycles. The normalized spacial score (nSPS) is 25.5. The van der Waals surface area contributed by atoms with Crippen LogP contribution in [0.15, 0.2) is 23.1 Å². The number of nitrogens with zero attached hydrogens (tertiary/aromatic N) is 1. The van der Waals surface area contributed by atoms with Gasteiger partial charge in [-0.15, -0.1) is 0 Å². The third-order valence-electron chi connectivity index (χ3n) is 3.15. The Hall–Kier alpha value is -0.980. The van der Waals surface area contributed by atoms with Crippen molar-refractivity contribution in [1.82, 2.24) is 4.31 Å². The van der Waals surface area contributed by atoms with E-state index in [2.05, 4.69) is 0 Å². The van der Waals surface area contributed by atoms with Gasteiger partial charge in [0.25, 0.3) is 0 Å². The molecule has 0 spiro atoms. The molecule has 4 nitrogen and oxygen atoms in total. The number of hydrogen-bond donors (Lipinski definition) is 0. The number of morpholine rings is 1. The molecule has 106 valence electrons. The molecule has 2 atom stereocenters. The van der Waals surface area contributed by atoms with Crippen LogP contribution in [0.25, 0.3) is 0 Å². The molecular weight excluding hydrogens is 269 g/mol. The lowest BCUT2D eigenvalue weighted by molar-refractivity contribution is -0.0441. The van der Waals surface area contributed by atoms with Gasteiger partial charge in [0.2, 0.25) is 10.0 Å². The first-order valence-corrected chi connectivity index (χ1v) is 7.66. The smallest absolute Gasteiger partial charge is 0.243 e. The second-order valence-corrected chi connectivity index (χ2v) is 6.90. The molecular formula is C13H18FNO3S. The second kappa shape index (κ2) is 5.19. The topological polar surface area (TPSA) is 46.6 Å². The number of sulfonamides is 1. The zero-order chi connectivity index (χ0) is 14.2. The number of hydrogen-bond acceptors (Lipinski definition) is 3. The van der Waals surface area contributed by atoms with Crippen LogP contribution >= 0.6 is 0 Å². The van der Waals surface area contributed by atoms with E-state index in [9.17, 15) is 12.8 Å². The molecule has 1 aromatic carbocycles. The SMILES string of the molecule is Cc1ccc(F)cc1S(=O)(=O)N1CC(C)OC(C)C1. The third-order valence-corrected chi connectivity index (χ3v) is 5.13. The van der Waals surface area contributed by atoms with E-state index in [1.807, 2.05) is 13.8 Å². The minimum absolute atomic E-state index is 0.0359. The van der Waals surface area contributed by atoms with Gasteiger partial charge < -0.3 is 4.74 Å². The minimum atomic E-state index is -3.67. The van der Waals surface area contributed by atoms with E-state index in [-0.39, 0.29) is 17.1 Å². The first-order chi connectivity index (χ1) is 8.80. The molecule has 1 fully saturated rings. The summed E-state index contributed by atoms with van der Waals surface area (Å²) >= 11 is 0. The second-order valence-electron chi connectivity index (χ2n) is 4.99. The van der Waals surface area contributed by atoms with Crippen LogP contribution in [0.1, 0.15) is 19.4 Å². The minimum Gasteiger partial charge on any atom is -0.373 e. The van der Waals surface area contributed by atoms with Gasteiger partial charge >= 0.3 is 0 Å². The molecule has 1 saturated heterocycles. The van der Waals surface area contributed by atoms with Crippen molar-refractivity contribution in [2.45, 2.75) is 37.9 Å². The molecule has 2 unspecified atom stereocenters. The van der Waals surface area contributed by atoms with E-state index in [0.717, 1.165) is 6.07 Å². The standard InChI is InChI=1S/C13H18FNO3S/c1-9-4-5-12(14)6-13(9)19(16,17)15-7-10(2)18-11(3)8-15/h4-6,10-11H,7-8H2,1-3H3. The molecule has 0 aliphatic carbocycles. The van der Waals surface area contributed by atoms with Gasteiger partial charge in [-0.3, -0.25) is 0 Å². The summed E-state index contributed by atoms with van der Waals surface area (Å²) in [5, 5.41) is 0. The Labute approximate surface area is 113 Å². The Morgan fingerprint density at radius 3 is 2.42 bits per heavy atom. The lowest BCUT2D eigenvalue weighted by atomic mass is 10.2. The van der Waals surface area contributed by atoms with Crippen molar-refractivity contribution in [3.05, 3.63) is 29.6 Å². The van der Waals surface area contributed by atoms with Crippen molar-refractivity contribution in [2.24, 2.45) is 0 Å². The zero-order valence-corrected chi connectivity index (χ0v) is 12.1. The average molecular weight is 287 g/mol. The first-order valence-electron chi connectivity index (χ1n) is 6.22. The van der Waals surface area contributed by atoms with E-state index < -0.39 is 15.8 Å². The van der Waals surface area contributed by atoms with Gasteiger partial charge in [0.1, 0.15) is 5.82 Å². The predicted molar refractivity (Wildman–Crippen MR) is 69.9 cm³/mol.